The lowest BCUT2D eigenvalue weighted by Crippen LogP contribution is -2.35. The molecule has 1 saturated carbocycles. The maximum atomic E-state index is 12.9. The zero-order valence-corrected chi connectivity index (χ0v) is 17.4. The van der Waals surface area contributed by atoms with E-state index in [0.717, 1.165) is 36.9 Å². The van der Waals surface area contributed by atoms with E-state index in [-0.39, 0.29) is 24.1 Å². The molecule has 1 heterocycles. The van der Waals surface area contributed by atoms with E-state index >= 15 is 0 Å². The number of ether oxygens (including phenoxy) is 2. The van der Waals surface area contributed by atoms with Gasteiger partial charge in [-0.25, -0.2) is 9.48 Å². The summed E-state index contributed by atoms with van der Waals surface area (Å²) in [5.74, 6) is -0.220. The van der Waals surface area contributed by atoms with E-state index in [4.69, 9.17) is 9.47 Å². The van der Waals surface area contributed by atoms with Crippen molar-refractivity contribution in [1.29, 1.82) is 0 Å². The molecule has 7 nitrogen and oxygen atoms in total. The first-order chi connectivity index (χ1) is 15.1. The Kier molecular flexibility index (Phi) is 6.31. The molecular formula is C24H25N3O4. The van der Waals surface area contributed by atoms with Crippen molar-refractivity contribution in [2.45, 2.75) is 31.7 Å². The summed E-state index contributed by atoms with van der Waals surface area (Å²) in [6.45, 7) is -0.316. The SMILES string of the molecule is COc1cccc(-c2nn(-c3ccccc3)cc2C(=O)OCC(=O)NC2CCCC2)c1. The van der Waals surface area contributed by atoms with Crippen molar-refractivity contribution in [1.82, 2.24) is 15.1 Å². The molecule has 1 N–H and O–H groups in total. The van der Waals surface area contributed by atoms with Gasteiger partial charge in [-0.15, -0.1) is 0 Å². The number of carbonyl (C=O) groups excluding carboxylic acids is 2. The minimum Gasteiger partial charge on any atom is -0.497 e. The Labute approximate surface area is 181 Å². The van der Waals surface area contributed by atoms with Crippen LogP contribution >= 0.6 is 0 Å². The summed E-state index contributed by atoms with van der Waals surface area (Å²) in [6.07, 6.45) is 5.81. The van der Waals surface area contributed by atoms with Crippen molar-refractivity contribution in [3.8, 4) is 22.7 Å². The van der Waals surface area contributed by atoms with Gasteiger partial charge in [-0.05, 0) is 37.1 Å². The molecule has 3 aromatic rings. The van der Waals surface area contributed by atoms with Gasteiger partial charge in [0.15, 0.2) is 6.61 Å². The van der Waals surface area contributed by atoms with Crippen molar-refractivity contribution in [2.75, 3.05) is 13.7 Å². The van der Waals surface area contributed by atoms with Gasteiger partial charge in [-0.1, -0.05) is 43.2 Å². The Morgan fingerprint density at radius 3 is 2.61 bits per heavy atom. The number of methoxy groups -OCH3 is 1. The van der Waals surface area contributed by atoms with Crippen LogP contribution in [-0.2, 0) is 9.53 Å². The van der Waals surface area contributed by atoms with Crippen LogP contribution in [0.3, 0.4) is 0 Å². The van der Waals surface area contributed by atoms with Crippen LogP contribution < -0.4 is 10.1 Å². The number of carbonyl (C=O) groups is 2. The quantitative estimate of drug-likeness (QED) is 0.590. The minimum absolute atomic E-state index is 0.180. The highest BCUT2D eigenvalue weighted by Gasteiger charge is 2.22. The third-order valence-electron chi connectivity index (χ3n) is 5.35. The second-order valence-corrected chi connectivity index (χ2v) is 7.53. The predicted octanol–water partition coefficient (Wildman–Crippen LogP) is 3.76. The summed E-state index contributed by atoms with van der Waals surface area (Å²) in [6, 6.07) is 17.0. The third-order valence-corrected chi connectivity index (χ3v) is 5.35. The van der Waals surface area contributed by atoms with Crippen LogP contribution in [0.25, 0.3) is 16.9 Å². The van der Waals surface area contributed by atoms with E-state index in [1.165, 1.54) is 0 Å². The second kappa shape index (κ2) is 9.47. The lowest BCUT2D eigenvalue weighted by Gasteiger charge is -2.12. The molecule has 1 aliphatic rings. The fraction of sp³-hybridized carbons (Fsp3) is 0.292. The van der Waals surface area contributed by atoms with Gasteiger partial charge in [-0.3, -0.25) is 4.79 Å². The number of esters is 1. The van der Waals surface area contributed by atoms with Crippen molar-refractivity contribution in [2.24, 2.45) is 0 Å². The predicted molar refractivity (Wildman–Crippen MR) is 116 cm³/mol. The van der Waals surface area contributed by atoms with Gasteiger partial charge >= 0.3 is 5.97 Å². The Bertz CT molecular complexity index is 1060. The number of nitrogens with zero attached hydrogens (tertiary/aromatic N) is 2. The number of nitrogens with one attached hydrogen (secondary N) is 1. The molecule has 0 radical (unpaired) electrons. The normalized spacial score (nSPS) is 13.7. The maximum Gasteiger partial charge on any atom is 0.342 e. The minimum atomic E-state index is -0.596. The summed E-state index contributed by atoms with van der Waals surface area (Å²) >= 11 is 0. The van der Waals surface area contributed by atoms with Crippen LogP contribution in [0.4, 0.5) is 0 Å². The number of hydrogen-bond acceptors (Lipinski definition) is 5. The number of rotatable bonds is 7. The highest BCUT2D eigenvalue weighted by molar-refractivity contribution is 5.97. The summed E-state index contributed by atoms with van der Waals surface area (Å²) in [5.41, 5.74) is 2.27. The molecule has 0 bridgehead atoms. The third kappa shape index (κ3) is 4.94. The Balaban J connectivity index is 1.57. The first-order valence-corrected chi connectivity index (χ1v) is 10.4. The molecule has 0 unspecified atom stereocenters. The molecule has 0 spiro atoms. The summed E-state index contributed by atoms with van der Waals surface area (Å²) in [7, 11) is 1.58. The molecular weight excluding hydrogens is 394 g/mol. The zero-order valence-electron chi connectivity index (χ0n) is 17.4. The van der Waals surface area contributed by atoms with Crippen molar-refractivity contribution >= 4 is 11.9 Å². The van der Waals surface area contributed by atoms with Gasteiger partial charge in [0.25, 0.3) is 5.91 Å². The van der Waals surface area contributed by atoms with E-state index < -0.39 is 5.97 Å². The van der Waals surface area contributed by atoms with Crippen LogP contribution in [0.5, 0.6) is 5.75 Å². The van der Waals surface area contributed by atoms with Gasteiger partial charge < -0.3 is 14.8 Å². The summed E-state index contributed by atoms with van der Waals surface area (Å²) in [4.78, 5) is 25.1. The summed E-state index contributed by atoms with van der Waals surface area (Å²) in [5, 5.41) is 7.54. The van der Waals surface area contributed by atoms with Gasteiger partial charge in [0, 0.05) is 17.8 Å². The van der Waals surface area contributed by atoms with Crippen LogP contribution in [0.15, 0.2) is 60.8 Å². The number of benzene rings is 2. The summed E-state index contributed by atoms with van der Waals surface area (Å²) < 4.78 is 12.3. The van der Waals surface area contributed by atoms with Crippen LogP contribution in [0, 0.1) is 0 Å². The number of hydrogen-bond donors (Lipinski definition) is 1. The second-order valence-electron chi connectivity index (χ2n) is 7.53. The highest BCUT2D eigenvalue weighted by atomic mass is 16.5. The van der Waals surface area contributed by atoms with Gasteiger partial charge in [-0.2, -0.15) is 5.10 Å². The van der Waals surface area contributed by atoms with Crippen molar-refractivity contribution < 1.29 is 19.1 Å². The molecule has 1 fully saturated rings. The standard InChI is InChI=1S/C24H25N3O4/c1-30-20-13-7-8-17(14-20)23-21(15-27(26-23)19-11-3-2-4-12-19)24(29)31-16-22(28)25-18-9-5-6-10-18/h2-4,7-8,11-15,18H,5-6,9-10,16H2,1H3,(H,25,28). The average Bonchev–Trinajstić information content (AvgIpc) is 3.48. The topological polar surface area (TPSA) is 82.5 Å². The number of amides is 1. The maximum absolute atomic E-state index is 12.9. The molecule has 0 aliphatic heterocycles. The van der Waals surface area contributed by atoms with Gasteiger partial charge in [0.05, 0.1) is 12.8 Å². The molecule has 7 heteroatoms. The Morgan fingerprint density at radius 2 is 1.87 bits per heavy atom. The van der Waals surface area contributed by atoms with Gasteiger partial charge in [0.1, 0.15) is 17.0 Å². The molecule has 1 aromatic heterocycles. The molecule has 2 aromatic carbocycles. The zero-order chi connectivity index (χ0) is 21.6. The molecule has 1 amide bonds. The number of para-hydroxylation sites is 1. The Hall–Kier alpha value is -3.61. The average molecular weight is 419 g/mol. The lowest BCUT2D eigenvalue weighted by atomic mass is 10.1. The van der Waals surface area contributed by atoms with E-state index in [0.29, 0.717) is 11.4 Å². The molecule has 4 rings (SSSR count). The first-order valence-electron chi connectivity index (χ1n) is 10.4. The van der Waals surface area contributed by atoms with Crippen molar-refractivity contribution in [3.63, 3.8) is 0 Å². The fourth-order valence-corrected chi connectivity index (χ4v) is 3.77. The van der Waals surface area contributed by atoms with E-state index in [9.17, 15) is 9.59 Å². The van der Waals surface area contributed by atoms with E-state index in [1.54, 1.807) is 24.1 Å². The molecule has 1 aliphatic carbocycles. The largest absolute Gasteiger partial charge is 0.497 e. The molecule has 0 atom stereocenters. The van der Waals surface area contributed by atoms with Gasteiger partial charge in [0.2, 0.25) is 0 Å². The van der Waals surface area contributed by atoms with Crippen LogP contribution in [0.2, 0.25) is 0 Å². The van der Waals surface area contributed by atoms with Crippen LogP contribution in [0.1, 0.15) is 36.0 Å². The molecule has 160 valence electrons. The molecule has 0 saturated heterocycles. The fourth-order valence-electron chi connectivity index (χ4n) is 3.77. The van der Waals surface area contributed by atoms with Crippen LogP contribution in [-0.4, -0.2) is 41.4 Å². The Morgan fingerprint density at radius 1 is 1.10 bits per heavy atom. The van der Waals surface area contributed by atoms with E-state index in [1.807, 2.05) is 48.5 Å². The first kappa shape index (κ1) is 20.7. The number of aromatic nitrogens is 2. The molecule has 31 heavy (non-hydrogen) atoms. The smallest absolute Gasteiger partial charge is 0.342 e. The lowest BCUT2D eigenvalue weighted by molar-refractivity contribution is -0.124. The highest BCUT2D eigenvalue weighted by Crippen LogP contribution is 2.27. The van der Waals surface area contributed by atoms with Crippen molar-refractivity contribution in [3.05, 3.63) is 66.4 Å². The monoisotopic (exact) mass is 419 g/mol. The van der Waals surface area contributed by atoms with E-state index in [2.05, 4.69) is 10.4 Å².